The van der Waals surface area contributed by atoms with Crippen LogP contribution < -0.4 is 0 Å². The van der Waals surface area contributed by atoms with Crippen LogP contribution in [0, 0.1) is 6.92 Å². The van der Waals surface area contributed by atoms with Gasteiger partial charge in [-0.1, -0.05) is 12.1 Å². The first-order chi connectivity index (χ1) is 6.43. The largest absolute Gasteiger partial charge is 0.506 e. The van der Waals surface area contributed by atoms with Crippen LogP contribution in [0.15, 0.2) is 23.1 Å². The molecule has 1 aromatic rings. The van der Waals surface area contributed by atoms with Crippen LogP contribution in [0.4, 0.5) is 0 Å². The average Bonchev–Trinajstić information content (AvgIpc) is 2.11. The zero-order valence-corrected chi connectivity index (χ0v) is 8.28. The van der Waals surface area contributed by atoms with Crippen molar-refractivity contribution in [3.63, 3.8) is 0 Å². The first-order valence-corrected chi connectivity index (χ1v) is 4.92. The summed E-state index contributed by atoms with van der Waals surface area (Å²) in [5, 5.41) is 9.19. The molecule has 0 bridgehead atoms. The smallest absolute Gasteiger partial charge is 0.298 e. The summed E-state index contributed by atoms with van der Waals surface area (Å²) in [5.74, 6) is -0.403. The molecular weight excluding hydrogens is 208 g/mol. The van der Waals surface area contributed by atoms with Gasteiger partial charge in [0.05, 0.1) is 0 Å². The number of hydrogen-bond acceptors (Lipinski definition) is 4. The third kappa shape index (κ3) is 2.82. The van der Waals surface area contributed by atoms with Gasteiger partial charge >= 0.3 is 0 Å². The van der Waals surface area contributed by atoms with Crippen LogP contribution in [0.1, 0.15) is 5.56 Å². The van der Waals surface area contributed by atoms with E-state index in [-0.39, 0.29) is 0 Å². The maximum absolute atomic E-state index is 10.6. The lowest BCUT2D eigenvalue weighted by atomic mass is 10.2. The summed E-state index contributed by atoms with van der Waals surface area (Å²) in [6.45, 7) is 3.55. The Bertz CT molecular complexity index is 410. The Hall–Kier alpha value is -1.40. The number of para-hydroxylation sites is 1. The van der Waals surface area contributed by atoms with E-state index in [9.17, 15) is 13.5 Å². The van der Waals surface area contributed by atoms with E-state index >= 15 is 0 Å². The molecule has 0 unspecified atom stereocenters. The van der Waals surface area contributed by atoms with Crippen LogP contribution in [0.25, 0.3) is 0 Å². The second kappa shape index (κ2) is 4.73. The van der Waals surface area contributed by atoms with Crippen LogP contribution in [0.2, 0.25) is 0 Å². The molecule has 5 nitrogen and oxygen atoms in total. The molecule has 0 aliphatic carbocycles. The summed E-state index contributed by atoms with van der Waals surface area (Å²) in [6, 6.07) is 4.12. The van der Waals surface area contributed by atoms with Gasteiger partial charge in [0.2, 0.25) is 0 Å². The second-order valence-electron chi connectivity index (χ2n) is 2.40. The van der Waals surface area contributed by atoms with Crippen LogP contribution in [0.5, 0.6) is 5.75 Å². The normalized spacial score (nSPS) is 10.1. The Morgan fingerprint density at radius 1 is 1.29 bits per heavy atom. The molecule has 0 aliphatic heterocycles. The minimum atomic E-state index is -4.31. The monoisotopic (exact) mass is 218 g/mol. The van der Waals surface area contributed by atoms with Crippen LogP contribution in [-0.4, -0.2) is 24.9 Å². The second-order valence-corrected chi connectivity index (χ2v) is 3.79. The van der Waals surface area contributed by atoms with Crippen molar-refractivity contribution >= 4 is 16.9 Å². The average molecular weight is 218 g/mol. The Morgan fingerprint density at radius 3 is 2.14 bits per heavy atom. The highest BCUT2D eigenvalue weighted by Crippen LogP contribution is 2.25. The lowest BCUT2D eigenvalue weighted by Gasteiger charge is -2.02. The Labute approximate surface area is 81.8 Å². The minimum Gasteiger partial charge on any atom is -0.506 e. The SMILES string of the molecule is C=O.Cc1cccc(S(=O)(=O)O)c1O. The summed E-state index contributed by atoms with van der Waals surface area (Å²) in [5.41, 5.74) is 0.408. The predicted octanol–water partition coefficient (Wildman–Crippen LogP) is 0.762. The van der Waals surface area contributed by atoms with E-state index in [2.05, 4.69) is 0 Å². The maximum atomic E-state index is 10.6. The van der Waals surface area contributed by atoms with Gasteiger partial charge in [-0.15, -0.1) is 0 Å². The van der Waals surface area contributed by atoms with Crippen LogP contribution in [0.3, 0.4) is 0 Å². The number of aromatic hydroxyl groups is 1. The Balaban J connectivity index is 0.000000791. The highest BCUT2D eigenvalue weighted by Gasteiger charge is 2.15. The van der Waals surface area contributed by atoms with E-state index in [1.165, 1.54) is 6.07 Å². The number of aryl methyl sites for hydroxylation is 1. The standard InChI is InChI=1S/C7H8O4S.CH2O/c1-5-3-2-4-6(7(5)8)12(9,10)11;1-2/h2-4,8H,1H3,(H,9,10,11);1H2. The molecular formula is C8H10O5S. The lowest BCUT2D eigenvalue weighted by Crippen LogP contribution is -1.98. The minimum absolute atomic E-state index is 0.403. The van der Waals surface area contributed by atoms with Crippen molar-refractivity contribution in [2.24, 2.45) is 0 Å². The Kier molecular flexibility index (Phi) is 4.26. The van der Waals surface area contributed by atoms with E-state index in [1.54, 1.807) is 13.0 Å². The van der Waals surface area contributed by atoms with Gasteiger partial charge in [-0.2, -0.15) is 8.42 Å². The number of rotatable bonds is 1. The number of carbonyl (C=O) groups excluding carboxylic acids is 1. The van der Waals surface area contributed by atoms with Crippen molar-refractivity contribution in [1.82, 2.24) is 0 Å². The molecule has 2 N–H and O–H groups in total. The zero-order chi connectivity index (χ0) is 11.4. The van der Waals surface area contributed by atoms with Crippen molar-refractivity contribution in [1.29, 1.82) is 0 Å². The van der Waals surface area contributed by atoms with E-state index in [4.69, 9.17) is 9.35 Å². The molecule has 0 amide bonds. The van der Waals surface area contributed by atoms with E-state index in [1.807, 2.05) is 6.79 Å². The summed E-state index contributed by atoms with van der Waals surface area (Å²) in [4.78, 5) is 7.54. The number of benzene rings is 1. The molecule has 1 aromatic carbocycles. The third-order valence-corrected chi connectivity index (χ3v) is 2.36. The van der Waals surface area contributed by atoms with Crippen LogP contribution >= 0.6 is 0 Å². The third-order valence-electron chi connectivity index (χ3n) is 1.48. The summed E-state index contributed by atoms with van der Waals surface area (Å²) < 4.78 is 29.8. The molecule has 14 heavy (non-hydrogen) atoms. The molecule has 0 saturated carbocycles. The van der Waals surface area contributed by atoms with Gasteiger partial charge < -0.3 is 9.90 Å². The van der Waals surface area contributed by atoms with E-state index in [0.717, 1.165) is 6.07 Å². The molecule has 0 saturated heterocycles. The highest BCUT2D eigenvalue weighted by molar-refractivity contribution is 7.86. The van der Waals surface area contributed by atoms with Crippen molar-refractivity contribution in [3.8, 4) is 5.75 Å². The molecule has 6 heteroatoms. The number of phenols is 1. The Morgan fingerprint density at radius 2 is 1.79 bits per heavy atom. The fourth-order valence-electron chi connectivity index (χ4n) is 0.840. The van der Waals surface area contributed by atoms with Gasteiger partial charge in [-0.05, 0) is 18.6 Å². The molecule has 78 valence electrons. The molecule has 0 aromatic heterocycles. The number of hydrogen-bond donors (Lipinski definition) is 2. The molecule has 0 aliphatic rings. The fraction of sp³-hybridized carbons (Fsp3) is 0.125. The molecule has 0 fully saturated rings. The van der Waals surface area contributed by atoms with Gasteiger partial charge in [-0.3, -0.25) is 4.55 Å². The highest BCUT2D eigenvalue weighted by atomic mass is 32.2. The van der Waals surface area contributed by atoms with Crippen molar-refractivity contribution in [2.75, 3.05) is 0 Å². The summed E-state index contributed by atoms with van der Waals surface area (Å²) in [6.07, 6.45) is 0. The lowest BCUT2D eigenvalue weighted by molar-refractivity contribution is -0.0979. The van der Waals surface area contributed by atoms with E-state index in [0.29, 0.717) is 5.56 Å². The zero-order valence-electron chi connectivity index (χ0n) is 7.47. The van der Waals surface area contributed by atoms with Crippen molar-refractivity contribution < 1.29 is 22.9 Å². The quantitative estimate of drug-likeness (QED) is 0.679. The van der Waals surface area contributed by atoms with Crippen molar-refractivity contribution in [2.45, 2.75) is 11.8 Å². The molecule has 1 rings (SSSR count). The maximum Gasteiger partial charge on any atom is 0.298 e. The molecule has 0 radical (unpaired) electrons. The van der Waals surface area contributed by atoms with Crippen LogP contribution in [-0.2, 0) is 14.9 Å². The predicted molar refractivity (Wildman–Crippen MR) is 49.8 cm³/mol. The first kappa shape index (κ1) is 12.6. The summed E-state index contributed by atoms with van der Waals surface area (Å²) in [7, 11) is -4.31. The summed E-state index contributed by atoms with van der Waals surface area (Å²) >= 11 is 0. The van der Waals surface area contributed by atoms with Gasteiger partial charge in [0.15, 0.2) is 0 Å². The molecule has 0 spiro atoms. The van der Waals surface area contributed by atoms with Gasteiger partial charge in [0, 0.05) is 0 Å². The fourth-order valence-corrected chi connectivity index (χ4v) is 1.50. The van der Waals surface area contributed by atoms with Gasteiger partial charge in [-0.25, -0.2) is 0 Å². The van der Waals surface area contributed by atoms with E-state index < -0.39 is 20.8 Å². The van der Waals surface area contributed by atoms with Crippen molar-refractivity contribution in [3.05, 3.63) is 23.8 Å². The molecule has 0 heterocycles. The topological polar surface area (TPSA) is 91.7 Å². The first-order valence-electron chi connectivity index (χ1n) is 3.48. The number of carbonyl (C=O) groups is 1. The van der Waals surface area contributed by atoms with Gasteiger partial charge in [0.1, 0.15) is 17.4 Å². The van der Waals surface area contributed by atoms with Gasteiger partial charge in [0.25, 0.3) is 10.1 Å². The number of phenolic OH excluding ortho intramolecular Hbond substituents is 1. The molecule has 0 atom stereocenters.